The summed E-state index contributed by atoms with van der Waals surface area (Å²) in [6, 6.07) is 11.1. The molecule has 4 bridgehead atoms. The SMILES string of the molecule is CC1(C)C[Si](C)(C(C)(C)C)OC23C4COP(=O)(O)O[C@H]5C(n6cnc7c(=O)[nH]cnc76)OC(COP(=O)(OCCC#N)C2[C@H]3C(n2cnc3c(NC(=O)c6ccccc6)ncnc32)O4)[C@H]5O[Si]1. The van der Waals surface area contributed by atoms with Gasteiger partial charge in [0.1, 0.15) is 48.2 Å². The monoisotopic (exact) mass is 994 g/mol. The Balaban J connectivity index is 1.13. The number of fused-ring (bicyclic) bond motifs is 4. The number of H-pyrrole nitrogens is 1. The number of rotatable bonds is 7. The summed E-state index contributed by atoms with van der Waals surface area (Å²) in [6.45, 7) is 11.1. The second-order valence-electron chi connectivity index (χ2n) is 19.1. The lowest BCUT2D eigenvalue weighted by Crippen LogP contribution is -2.54. The second kappa shape index (κ2) is 16.6. The Labute approximate surface area is 386 Å². The molecule has 5 fully saturated rings. The standard InChI is InChI=1S/C40H48N10O13P2Si2/c1-38(2,3)67(6)17-39(4,5)66-62-28-23-15-57-64(53,56-14-10-13-41)30-25-36(49-20-46-26-31(42-18-43-32(26)49)48-34(51)22-11-8-7-9-12-22)60-24(40(25,30)63-67)16-58-65(54,55)61-29(28)37(59-23)50-21-47-27-33(50)44-19-45-35(27)52/h7-9,11-12,18-21,23-25,28-30,36-37H,10,14-17H2,1-6H3,(H,54,55)(H,44,45,52)(H,42,43,48,51)/t23?,24?,25-,28+,29+,30?,36?,37?,40?,64?,67?/m0/s1. The van der Waals surface area contributed by atoms with E-state index in [0.29, 0.717) is 11.6 Å². The normalized spacial score (nSPS) is 36.1. The summed E-state index contributed by atoms with van der Waals surface area (Å²) in [5.41, 5.74) is -2.29. The molecule has 67 heavy (non-hydrogen) atoms. The van der Waals surface area contributed by atoms with Crippen molar-refractivity contribution in [3.8, 4) is 6.07 Å². The molecule has 1 aromatic carbocycles. The molecular weight excluding hydrogens is 947 g/mol. The summed E-state index contributed by atoms with van der Waals surface area (Å²) >= 11 is 0. The maximum absolute atomic E-state index is 16.1. The fourth-order valence-electron chi connectivity index (χ4n) is 9.74. The number of benzene rings is 1. The lowest BCUT2D eigenvalue weighted by molar-refractivity contribution is -0.0837. The highest BCUT2D eigenvalue weighted by atomic mass is 31.2. The van der Waals surface area contributed by atoms with Gasteiger partial charge in [0.05, 0.1) is 57.2 Å². The van der Waals surface area contributed by atoms with Crippen molar-refractivity contribution in [1.82, 2.24) is 39.0 Å². The molecule has 1 spiro atoms. The fourth-order valence-corrected chi connectivity index (χ4v) is 19.2. The highest BCUT2D eigenvalue weighted by Crippen LogP contribution is 2.79. The lowest BCUT2D eigenvalue weighted by Gasteiger charge is -2.47. The average molecular weight is 995 g/mol. The maximum Gasteiger partial charge on any atom is 0.472 e. The molecule has 12 atom stereocenters. The van der Waals surface area contributed by atoms with E-state index in [2.05, 4.69) is 76.4 Å². The first kappa shape index (κ1) is 46.3. The van der Waals surface area contributed by atoms with Crippen LogP contribution in [-0.4, -0.2) is 123 Å². The minimum absolute atomic E-state index is 0.0232. The molecule has 27 heteroatoms. The number of nitriles is 1. The summed E-state index contributed by atoms with van der Waals surface area (Å²) in [4.78, 5) is 62.3. The molecular formula is C40H48N10O13P2Si2. The molecule has 4 aromatic heterocycles. The molecule has 9 unspecified atom stereocenters. The molecule has 4 saturated heterocycles. The van der Waals surface area contributed by atoms with Crippen LogP contribution in [0.5, 0.6) is 0 Å². The lowest BCUT2D eigenvalue weighted by atomic mass is 10.1. The van der Waals surface area contributed by atoms with E-state index >= 15 is 4.57 Å². The van der Waals surface area contributed by atoms with E-state index in [1.807, 2.05) is 6.07 Å². The van der Waals surface area contributed by atoms with Gasteiger partial charge in [0.15, 0.2) is 42.7 Å². The number of hydrogen-bond acceptors (Lipinski definition) is 18. The zero-order valence-corrected chi connectivity index (χ0v) is 41.0. The molecule has 8 heterocycles. The highest BCUT2D eigenvalue weighted by molar-refractivity contribution is 7.55. The number of anilines is 1. The number of hydrogen-bond donors (Lipinski definition) is 3. The minimum Gasteiger partial charge on any atom is -0.408 e. The van der Waals surface area contributed by atoms with Crippen molar-refractivity contribution in [2.75, 3.05) is 25.1 Å². The van der Waals surface area contributed by atoms with Crippen molar-refractivity contribution in [1.29, 1.82) is 5.26 Å². The molecule has 23 nitrogen and oxygen atoms in total. The number of aromatic amines is 1. The number of phosphoric ester groups is 1. The van der Waals surface area contributed by atoms with Crippen LogP contribution in [0, 0.1) is 17.2 Å². The van der Waals surface area contributed by atoms with Crippen LogP contribution >= 0.6 is 15.4 Å². The number of imidazole rings is 2. The van der Waals surface area contributed by atoms with E-state index in [1.54, 1.807) is 34.9 Å². The molecule has 1 amide bonds. The summed E-state index contributed by atoms with van der Waals surface area (Å²) in [5, 5.41) is 11.4. The van der Waals surface area contributed by atoms with Gasteiger partial charge in [-0.3, -0.25) is 32.3 Å². The van der Waals surface area contributed by atoms with Crippen LogP contribution in [0.3, 0.4) is 0 Å². The first-order chi connectivity index (χ1) is 31.8. The number of carbonyl (C=O) groups is 1. The Bertz CT molecular complexity index is 2950. The van der Waals surface area contributed by atoms with Gasteiger partial charge < -0.3 is 42.6 Å². The average Bonchev–Trinajstić information content (AvgIpc) is 3.72. The Kier molecular flexibility index (Phi) is 11.5. The van der Waals surface area contributed by atoms with Gasteiger partial charge in [-0.1, -0.05) is 52.8 Å². The van der Waals surface area contributed by atoms with Crippen molar-refractivity contribution in [3.63, 3.8) is 0 Å². The zero-order valence-electron chi connectivity index (χ0n) is 37.2. The van der Waals surface area contributed by atoms with Crippen LogP contribution in [0.25, 0.3) is 22.3 Å². The molecule has 3 N–H and O–H groups in total. The first-order valence-corrected chi connectivity index (χ1v) is 28.2. The molecule has 10 rings (SSSR count). The van der Waals surface area contributed by atoms with Gasteiger partial charge in [0.2, 0.25) is 9.76 Å². The number of phosphoric acid groups is 1. The third-order valence-electron chi connectivity index (χ3n) is 13.3. The zero-order chi connectivity index (χ0) is 47.3. The largest absolute Gasteiger partial charge is 0.472 e. The number of nitrogens with one attached hydrogen (secondary N) is 2. The molecule has 4 aliphatic heterocycles. The van der Waals surface area contributed by atoms with Gasteiger partial charge in [0, 0.05) is 5.56 Å². The topological polar surface area (TPSA) is 288 Å². The van der Waals surface area contributed by atoms with Gasteiger partial charge in [-0.2, -0.15) is 5.26 Å². The van der Waals surface area contributed by atoms with Crippen LogP contribution < -0.4 is 10.9 Å². The number of carbonyl (C=O) groups excluding carboxylic acids is 1. The minimum atomic E-state index is -5.12. The van der Waals surface area contributed by atoms with Gasteiger partial charge >= 0.3 is 15.4 Å². The summed E-state index contributed by atoms with van der Waals surface area (Å²) < 4.78 is 86.2. The molecule has 354 valence electrons. The molecule has 1 saturated carbocycles. The Morgan fingerprint density at radius 3 is 2.51 bits per heavy atom. The van der Waals surface area contributed by atoms with E-state index in [1.165, 1.54) is 29.9 Å². The van der Waals surface area contributed by atoms with Crippen molar-refractivity contribution in [2.45, 2.75) is 112 Å². The van der Waals surface area contributed by atoms with Crippen LogP contribution in [0.4, 0.5) is 5.82 Å². The quantitative estimate of drug-likeness (QED) is 0.110. The van der Waals surface area contributed by atoms with Crippen LogP contribution in [0.1, 0.15) is 63.9 Å². The van der Waals surface area contributed by atoms with Crippen molar-refractivity contribution in [2.24, 2.45) is 5.92 Å². The predicted octanol–water partition coefficient (Wildman–Crippen LogP) is 5.01. The Morgan fingerprint density at radius 2 is 1.76 bits per heavy atom. The Hall–Kier alpha value is -4.39. The number of amides is 1. The molecule has 5 aliphatic rings. The Morgan fingerprint density at radius 1 is 1.03 bits per heavy atom. The summed E-state index contributed by atoms with van der Waals surface area (Å²) in [6.07, 6.45) is -2.24. The van der Waals surface area contributed by atoms with Crippen molar-refractivity contribution in [3.05, 3.63) is 71.6 Å². The number of aromatic nitrogens is 8. The van der Waals surface area contributed by atoms with Gasteiger partial charge in [-0.25, -0.2) is 29.5 Å². The fraction of sp³-hybridized carbons (Fsp3) is 0.550. The van der Waals surface area contributed by atoms with E-state index < -0.39 is 113 Å². The van der Waals surface area contributed by atoms with E-state index in [0.717, 1.165) is 0 Å². The van der Waals surface area contributed by atoms with E-state index in [9.17, 15) is 24.3 Å². The van der Waals surface area contributed by atoms with E-state index in [-0.39, 0.29) is 50.9 Å². The third kappa shape index (κ3) is 7.98. The van der Waals surface area contributed by atoms with E-state index in [4.69, 9.17) is 36.4 Å². The third-order valence-corrected chi connectivity index (χ3v) is 23.7. The molecule has 1 aliphatic carbocycles. The summed E-state index contributed by atoms with van der Waals surface area (Å²) in [5.74, 6) is -1.17. The second-order valence-corrected chi connectivity index (χ2v) is 28.9. The highest BCUT2D eigenvalue weighted by Gasteiger charge is 2.86. The smallest absolute Gasteiger partial charge is 0.408 e. The van der Waals surface area contributed by atoms with Crippen LogP contribution in [-0.2, 0) is 45.6 Å². The maximum atomic E-state index is 16.1. The van der Waals surface area contributed by atoms with Gasteiger partial charge in [-0.15, -0.1) is 0 Å². The van der Waals surface area contributed by atoms with Gasteiger partial charge in [-0.05, 0) is 34.8 Å². The molecule has 5 aromatic rings. The predicted molar refractivity (Wildman–Crippen MR) is 238 cm³/mol. The number of ether oxygens (including phenoxy) is 2. The van der Waals surface area contributed by atoms with Crippen LogP contribution in [0.2, 0.25) is 22.7 Å². The van der Waals surface area contributed by atoms with Crippen molar-refractivity contribution >= 4 is 67.6 Å². The number of nitrogens with zero attached hydrogens (tertiary/aromatic N) is 8. The molecule has 2 radical (unpaired) electrons. The first-order valence-electron chi connectivity index (χ1n) is 21.6. The van der Waals surface area contributed by atoms with Crippen LogP contribution in [0.15, 0.2) is 60.4 Å². The van der Waals surface area contributed by atoms with Gasteiger partial charge in [0.25, 0.3) is 11.5 Å². The summed E-state index contributed by atoms with van der Waals surface area (Å²) in [7, 11) is -13.0. The van der Waals surface area contributed by atoms with Crippen molar-refractivity contribution < 1.29 is 55.2 Å².